The van der Waals surface area contributed by atoms with Gasteiger partial charge in [0.1, 0.15) is 11.8 Å². The van der Waals surface area contributed by atoms with E-state index in [1.807, 2.05) is 6.07 Å². The van der Waals surface area contributed by atoms with Crippen LogP contribution in [-0.2, 0) is 0 Å². The predicted octanol–water partition coefficient (Wildman–Crippen LogP) is 4.92. The third-order valence-corrected chi connectivity index (χ3v) is 3.70. The van der Waals surface area contributed by atoms with Crippen molar-refractivity contribution in [3.8, 4) is 17.6 Å². The molecule has 0 unspecified atom stereocenters. The molecule has 2 rings (SSSR count). The molecule has 0 aliphatic heterocycles. The molecule has 0 N–H and O–H groups in total. The van der Waals surface area contributed by atoms with E-state index in [0.717, 1.165) is 0 Å². The van der Waals surface area contributed by atoms with Gasteiger partial charge in [-0.3, -0.25) is 10.1 Å². The van der Waals surface area contributed by atoms with Crippen LogP contribution in [0.1, 0.15) is 5.56 Å². The Bertz CT molecular complexity index is 775. The fourth-order valence-electron chi connectivity index (χ4n) is 1.54. The van der Waals surface area contributed by atoms with Crippen molar-refractivity contribution in [1.82, 2.24) is 0 Å². The Balaban J connectivity index is 2.42. The highest BCUT2D eigenvalue weighted by Gasteiger charge is 2.15. The second-order valence-corrected chi connectivity index (χ2v) is 5.56. The van der Waals surface area contributed by atoms with Crippen molar-refractivity contribution >= 4 is 37.5 Å². The largest absolute Gasteiger partial charge is 0.454 e. The summed E-state index contributed by atoms with van der Waals surface area (Å²) in [6.45, 7) is 0. The number of nitro benzene ring substituents is 1. The Labute approximate surface area is 135 Å². The van der Waals surface area contributed by atoms with Crippen LogP contribution in [0.3, 0.4) is 0 Å². The van der Waals surface area contributed by atoms with Gasteiger partial charge in [0.05, 0.1) is 21.0 Å². The van der Waals surface area contributed by atoms with E-state index in [1.165, 1.54) is 30.3 Å². The summed E-state index contributed by atoms with van der Waals surface area (Å²) in [6, 6.07) is 8.44. The number of nitrogens with zero attached hydrogens (tertiary/aromatic N) is 2. The summed E-state index contributed by atoms with van der Waals surface area (Å²) >= 11 is 6.08. The number of nitro groups is 1. The topological polar surface area (TPSA) is 76.2 Å². The lowest BCUT2D eigenvalue weighted by molar-refractivity contribution is -0.385. The molecule has 2 aromatic carbocycles. The summed E-state index contributed by atoms with van der Waals surface area (Å²) in [5, 5.41) is 19.6. The maximum atomic E-state index is 14.0. The molecular weight excluding hydrogens is 411 g/mol. The van der Waals surface area contributed by atoms with Crippen LogP contribution in [-0.4, -0.2) is 4.92 Å². The molecule has 0 bridgehead atoms. The number of hydrogen-bond donors (Lipinski definition) is 0. The summed E-state index contributed by atoms with van der Waals surface area (Å²) in [5.41, 5.74) is -0.0624. The van der Waals surface area contributed by atoms with Crippen molar-refractivity contribution in [2.75, 3.05) is 0 Å². The number of benzene rings is 2. The monoisotopic (exact) mass is 414 g/mol. The van der Waals surface area contributed by atoms with Crippen LogP contribution in [0, 0.1) is 27.3 Å². The van der Waals surface area contributed by atoms with Gasteiger partial charge in [0, 0.05) is 10.5 Å². The molecule has 2 aromatic rings. The van der Waals surface area contributed by atoms with E-state index in [-0.39, 0.29) is 27.2 Å². The Morgan fingerprint density at radius 2 is 2.00 bits per heavy atom. The van der Waals surface area contributed by atoms with Crippen molar-refractivity contribution in [1.29, 1.82) is 5.26 Å². The smallest absolute Gasteiger partial charge is 0.274 e. The normalized spacial score (nSPS) is 10.0. The molecule has 0 aliphatic carbocycles. The van der Waals surface area contributed by atoms with Crippen LogP contribution in [0.5, 0.6) is 11.5 Å². The molecule has 0 aromatic heterocycles. The minimum Gasteiger partial charge on any atom is -0.454 e. The minimum atomic E-state index is -0.753. The highest BCUT2D eigenvalue weighted by Crippen LogP contribution is 2.34. The summed E-state index contributed by atoms with van der Waals surface area (Å²) in [7, 11) is 0. The number of non-ortho nitro benzene ring substituents is 1. The van der Waals surface area contributed by atoms with Gasteiger partial charge in [-0.2, -0.15) is 5.26 Å². The van der Waals surface area contributed by atoms with Crippen LogP contribution in [0.4, 0.5) is 10.1 Å². The van der Waals surface area contributed by atoms with Gasteiger partial charge in [0.15, 0.2) is 11.6 Å². The Morgan fingerprint density at radius 3 is 2.62 bits per heavy atom. The second kappa shape index (κ2) is 6.20. The summed E-state index contributed by atoms with van der Waals surface area (Å²) in [4.78, 5) is 10.2. The number of hydrogen-bond acceptors (Lipinski definition) is 4. The third-order valence-electron chi connectivity index (χ3n) is 2.46. The molecule has 5 nitrogen and oxygen atoms in total. The number of nitriles is 1. The summed E-state index contributed by atoms with van der Waals surface area (Å²) in [6.07, 6.45) is 0. The molecule has 0 fully saturated rings. The van der Waals surface area contributed by atoms with Gasteiger partial charge in [-0.1, -0.05) is 15.9 Å². The van der Waals surface area contributed by atoms with E-state index in [9.17, 15) is 14.5 Å². The van der Waals surface area contributed by atoms with E-state index in [1.54, 1.807) is 0 Å². The summed E-state index contributed by atoms with van der Waals surface area (Å²) in [5.74, 6) is -0.795. The number of rotatable bonds is 3. The van der Waals surface area contributed by atoms with E-state index in [0.29, 0.717) is 4.47 Å². The van der Waals surface area contributed by atoms with Crippen LogP contribution < -0.4 is 4.74 Å². The number of ether oxygens (including phenoxy) is 1. The van der Waals surface area contributed by atoms with Gasteiger partial charge >= 0.3 is 0 Å². The SMILES string of the molecule is N#Cc1ccc(Oc2cc(Br)cc([N+](=O)[O-])c2)c(F)c1Br. The van der Waals surface area contributed by atoms with Crippen molar-refractivity contribution in [2.45, 2.75) is 0 Å². The standard InChI is InChI=1S/C13H5Br2FN2O3/c14-8-3-9(18(19)20)5-10(4-8)21-11-2-1-7(6-17)12(15)13(11)16/h1-5H. The van der Waals surface area contributed by atoms with Crippen molar-refractivity contribution in [3.63, 3.8) is 0 Å². The average molecular weight is 416 g/mol. The highest BCUT2D eigenvalue weighted by molar-refractivity contribution is 9.10. The first-order valence-electron chi connectivity index (χ1n) is 5.43. The van der Waals surface area contributed by atoms with Gasteiger partial charge < -0.3 is 4.74 Å². The van der Waals surface area contributed by atoms with E-state index < -0.39 is 10.7 Å². The first-order chi connectivity index (χ1) is 9.92. The fourth-order valence-corrected chi connectivity index (χ4v) is 2.41. The Morgan fingerprint density at radius 1 is 1.29 bits per heavy atom. The van der Waals surface area contributed by atoms with E-state index in [4.69, 9.17) is 10.00 Å². The molecule has 0 amide bonds. The molecule has 0 heterocycles. The van der Waals surface area contributed by atoms with Crippen LogP contribution >= 0.6 is 31.9 Å². The Hall–Kier alpha value is -1.98. The molecule has 8 heteroatoms. The molecular formula is C13H5Br2FN2O3. The Kier molecular flexibility index (Phi) is 4.55. The predicted molar refractivity (Wildman–Crippen MR) is 79.7 cm³/mol. The minimum absolute atomic E-state index is 0.0213. The second-order valence-electron chi connectivity index (χ2n) is 3.86. The van der Waals surface area contributed by atoms with Crippen LogP contribution in [0.2, 0.25) is 0 Å². The lowest BCUT2D eigenvalue weighted by atomic mass is 10.2. The number of halogens is 3. The lowest BCUT2D eigenvalue weighted by Crippen LogP contribution is -1.93. The third kappa shape index (κ3) is 3.37. The molecule has 0 radical (unpaired) electrons. The zero-order valence-electron chi connectivity index (χ0n) is 10.1. The molecule has 0 saturated carbocycles. The van der Waals surface area contributed by atoms with Crippen molar-refractivity contribution in [3.05, 3.63) is 60.8 Å². The zero-order valence-corrected chi connectivity index (χ0v) is 13.3. The first kappa shape index (κ1) is 15.4. The lowest BCUT2D eigenvalue weighted by Gasteiger charge is -2.09. The van der Waals surface area contributed by atoms with Crippen LogP contribution in [0.15, 0.2) is 39.3 Å². The van der Waals surface area contributed by atoms with Crippen LogP contribution in [0.25, 0.3) is 0 Å². The molecule has 0 saturated heterocycles. The van der Waals surface area contributed by atoms with Gasteiger partial charge in [0.25, 0.3) is 5.69 Å². The highest BCUT2D eigenvalue weighted by atomic mass is 79.9. The zero-order chi connectivity index (χ0) is 15.6. The van der Waals surface area contributed by atoms with Gasteiger partial charge in [-0.05, 0) is 34.1 Å². The molecule has 0 atom stereocenters. The maximum Gasteiger partial charge on any atom is 0.274 e. The van der Waals surface area contributed by atoms with Crippen molar-refractivity contribution in [2.24, 2.45) is 0 Å². The van der Waals surface area contributed by atoms with Crippen molar-refractivity contribution < 1.29 is 14.1 Å². The molecule has 106 valence electrons. The maximum absolute atomic E-state index is 14.0. The van der Waals surface area contributed by atoms with Gasteiger partial charge in [0.2, 0.25) is 0 Å². The van der Waals surface area contributed by atoms with E-state index >= 15 is 0 Å². The van der Waals surface area contributed by atoms with Gasteiger partial charge in [-0.25, -0.2) is 4.39 Å². The summed E-state index contributed by atoms with van der Waals surface area (Å²) < 4.78 is 19.7. The molecule has 0 aliphatic rings. The van der Waals surface area contributed by atoms with Gasteiger partial charge in [-0.15, -0.1) is 0 Å². The first-order valence-corrected chi connectivity index (χ1v) is 7.02. The average Bonchev–Trinajstić information content (AvgIpc) is 2.43. The van der Waals surface area contributed by atoms with E-state index in [2.05, 4.69) is 31.9 Å². The fraction of sp³-hybridized carbons (Fsp3) is 0. The quantitative estimate of drug-likeness (QED) is 0.526. The molecule has 21 heavy (non-hydrogen) atoms. The molecule has 0 spiro atoms.